The van der Waals surface area contributed by atoms with Crippen LogP contribution in [-0.2, 0) is 17.8 Å². The number of aryl methyl sites for hydroxylation is 1. The third-order valence-electron chi connectivity index (χ3n) is 4.03. The predicted octanol–water partition coefficient (Wildman–Crippen LogP) is 1.84. The lowest BCUT2D eigenvalue weighted by Gasteiger charge is -2.30. The minimum absolute atomic E-state index is 0.138. The molecule has 1 aliphatic rings. The lowest BCUT2D eigenvalue weighted by molar-refractivity contribution is -0.118. The van der Waals surface area contributed by atoms with Crippen molar-refractivity contribution in [3.63, 3.8) is 0 Å². The van der Waals surface area contributed by atoms with Crippen LogP contribution in [0.3, 0.4) is 0 Å². The van der Waals surface area contributed by atoms with Gasteiger partial charge in [-0.1, -0.05) is 18.2 Å². The van der Waals surface area contributed by atoms with E-state index in [0.29, 0.717) is 6.54 Å². The van der Waals surface area contributed by atoms with E-state index in [0.717, 1.165) is 31.6 Å². The summed E-state index contributed by atoms with van der Waals surface area (Å²) in [7, 11) is 0. The van der Waals surface area contributed by atoms with Crippen molar-refractivity contribution in [1.29, 1.82) is 0 Å². The van der Waals surface area contributed by atoms with Crippen molar-refractivity contribution in [2.45, 2.75) is 32.4 Å². The number of amides is 1. The van der Waals surface area contributed by atoms with Crippen molar-refractivity contribution in [2.24, 2.45) is 0 Å². The fraction of sp³-hybridized carbons (Fsp3) is 0.412. The van der Waals surface area contributed by atoms with Crippen molar-refractivity contribution in [1.82, 2.24) is 15.1 Å². The molecule has 22 heavy (non-hydrogen) atoms. The summed E-state index contributed by atoms with van der Waals surface area (Å²) in [5, 5.41) is 7.48. The minimum Gasteiger partial charge on any atom is -0.311 e. The molecule has 0 saturated heterocycles. The zero-order valence-electron chi connectivity index (χ0n) is 12.9. The molecule has 0 fully saturated rings. The smallest absolute Gasteiger partial charge is 0.240 e. The maximum absolute atomic E-state index is 12.5. The van der Waals surface area contributed by atoms with E-state index in [-0.39, 0.29) is 11.9 Å². The Morgan fingerprint density at radius 3 is 3.05 bits per heavy atom. The van der Waals surface area contributed by atoms with Crippen LogP contribution >= 0.6 is 0 Å². The van der Waals surface area contributed by atoms with Crippen molar-refractivity contribution in [2.75, 3.05) is 18.0 Å². The molecule has 0 saturated carbocycles. The lowest BCUT2D eigenvalue weighted by Crippen LogP contribution is -2.44. The molecule has 5 nitrogen and oxygen atoms in total. The Morgan fingerprint density at radius 2 is 2.23 bits per heavy atom. The topological polar surface area (TPSA) is 50.2 Å². The van der Waals surface area contributed by atoms with Gasteiger partial charge in [0.2, 0.25) is 5.91 Å². The predicted molar refractivity (Wildman–Crippen MR) is 86.8 cm³/mol. The maximum atomic E-state index is 12.5. The van der Waals surface area contributed by atoms with Gasteiger partial charge >= 0.3 is 0 Å². The first-order valence-corrected chi connectivity index (χ1v) is 7.83. The molecule has 1 atom stereocenters. The molecule has 1 aliphatic heterocycles. The third-order valence-corrected chi connectivity index (χ3v) is 4.03. The zero-order valence-corrected chi connectivity index (χ0v) is 12.9. The van der Waals surface area contributed by atoms with Gasteiger partial charge in [0.25, 0.3) is 0 Å². The Labute approximate surface area is 130 Å². The van der Waals surface area contributed by atoms with E-state index in [1.165, 1.54) is 5.56 Å². The number of carbonyl (C=O) groups is 1. The van der Waals surface area contributed by atoms with Gasteiger partial charge < -0.3 is 10.2 Å². The van der Waals surface area contributed by atoms with Crippen LogP contribution in [0.2, 0.25) is 0 Å². The van der Waals surface area contributed by atoms with Gasteiger partial charge in [-0.15, -0.1) is 0 Å². The Hall–Kier alpha value is -2.14. The quantitative estimate of drug-likeness (QED) is 0.916. The number of nitrogens with zero attached hydrogens (tertiary/aromatic N) is 3. The molecule has 1 N–H and O–H groups in total. The Morgan fingerprint density at radius 1 is 1.36 bits per heavy atom. The number of hydrogen-bond donors (Lipinski definition) is 1. The first kappa shape index (κ1) is 14.8. The van der Waals surface area contributed by atoms with Crippen molar-refractivity contribution in [3.05, 3.63) is 48.3 Å². The summed E-state index contributed by atoms with van der Waals surface area (Å²) in [4.78, 5) is 14.4. The van der Waals surface area contributed by atoms with Crippen LogP contribution in [0.15, 0.2) is 42.7 Å². The number of nitrogens with one attached hydrogen (secondary N) is 1. The molecular formula is C17H22N4O. The number of rotatable bonds is 5. The number of para-hydroxylation sites is 1. The van der Waals surface area contributed by atoms with Gasteiger partial charge in [0.15, 0.2) is 0 Å². The monoisotopic (exact) mass is 298 g/mol. The largest absolute Gasteiger partial charge is 0.311 e. The van der Waals surface area contributed by atoms with E-state index >= 15 is 0 Å². The van der Waals surface area contributed by atoms with Crippen molar-refractivity contribution in [3.8, 4) is 0 Å². The fourth-order valence-electron chi connectivity index (χ4n) is 2.90. The molecule has 1 aromatic heterocycles. The van der Waals surface area contributed by atoms with Gasteiger partial charge in [0, 0.05) is 30.7 Å². The van der Waals surface area contributed by atoms with Gasteiger partial charge in [0.05, 0.1) is 13.1 Å². The van der Waals surface area contributed by atoms with Gasteiger partial charge in [-0.3, -0.25) is 9.48 Å². The molecular weight excluding hydrogens is 276 g/mol. The zero-order chi connectivity index (χ0) is 15.4. The minimum atomic E-state index is 0.138. The van der Waals surface area contributed by atoms with E-state index in [1.54, 1.807) is 6.20 Å². The summed E-state index contributed by atoms with van der Waals surface area (Å²) in [5.74, 6) is 0.138. The van der Waals surface area contributed by atoms with Crippen molar-refractivity contribution >= 4 is 11.6 Å². The molecule has 1 amide bonds. The highest BCUT2D eigenvalue weighted by atomic mass is 16.2. The van der Waals surface area contributed by atoms with E-state index in [2.05, 4.69) is 23.4 Å². The third kappa shape index (κ3) is 3.36. The van der Waals surface area contributed by atoms with Crippen LogP contribution in [0.25, 0.3) is 0 Å². The van der Waals surface area contributed by atoms with Gasteiger partial charge in [-0.25, -0.2) is 0 Å². The molecule has 0 aliphatic carbocycles. The SMILES string of the molecule is C[C@@H](Cn1cccn1)NCC(=O)N1CCCc2ccccc21. The lowest BCUT2D eigenvalue weighted by atomic mass is 10.0. The van der Waals surface area contributed by atoms with Crippen LogP contribution in [0.1, 0.15) is 18.9 Å². The maximum Gasteiger partial charge on any atom is 0.240 e. The van der Waals surface area contributed by atoms with Gasteiger partial charge in [-0.2, -0.15) is 5.10 Å². The molecule has 5 heteroatoms. The molecule has 2 aromatic rings. The summed E-state index contributed by atoms with van der Waals surface area (Å²) in [6.07, 6.45) is 5.79. The summed E-state index contributed by atoms with van der Waals surface area (Å²) in [6.45, 7) is 4.00. The number of carbonyl (C=O) groups excluding carboxylic acids is 1. The van der Waals surface area contributed by atoms with Gasteiger partial charge in [-0.05, 0) is 37.5 Å². The van der Waals surface area contributed by atoms with Crippen LogP contribution in [-0.4, -0.2) is 34.8 Å². The highest BCUT2D eigenvalue weighted by Crippen LogP contribution is 2.26. The first-order valence-electron chi connectivity index (χ1n) is 7.83. The van der Waals surface area contributed by atoms with E-state index < -0.39 is 0 Å². The summed E-state index contributed by atoms with van der Waals surface area (Å²) < 4.78 is 1.87. The molecule has 1 aromatic carbocycles. The normalized spacial score (nSPS) is 15.4. The molecule has 0 spiro atoms. The summed E-state index contributed by atoms with van der Waals surface area (Å²) in [6, 6.07) is 10.3. The average molecular weight is 298 g/mol. The molecule has 0 radical (unpaired) electrons. The number of hydrogen-bond acceptors (Lipinski definition) is 3. The summed E-state index contributed by atoms with van der Waals surface area (Å²) in [5.41, 5.74) is 2.34. The van der Waals surface area contributed by atoms with Crippen LogP contribution < -0.4 is 10.2 Å². The summed E-state index contributed by atoms with van der Waals surface area (Å²) >= 11 is 0. The standard InChI is InChI=1S/C17H22N4O/c1-14(13-20-10-5-9-19-20)18-12-17(22)21-11-4-7-15-6-2-3-8-16(15)21/h2-3,5-6,8-10,14,18H,4,7,11-13H2,1H3/t14-/m0/s1. The van der Waals surface area contributed by atoms with E-state index in [1.807, 2.05) is 40.0 Å². The van der Waals surface area contributed by atoms with Crippen LogP contribution in [0.4, 0.5) is 5.69 Å². The van der Waals surface area contributed by atoms with Crippen LogP contribution in [0, 0.1) is 0 Å². The van der Waals surface area contributed by atoms with Crippen molar-refractivity contribution < 1.29 is 4.79 Å². The second kappa shape index (κ2) is 6.75. The average Bonchev–Trinajstić information content (AvgIpc) is 3.05. The van der Waals surface area contributed by atoms with Gasteiger partial charge in [0.1, 0.15) is 0 Å². The van der Waals surface area contributed by atoms with E-state index in [4.69, 9.17) is 0 Å². The van der Waals surface area contributed by atoms with E-state index in [9.17, 15) is 4.79 Å². The Kier molecular flexibility index (Phi) is 4.53. The molecule has 3 rings (SSSR count). The molecule has 0 unspecified atom stereocenters. The highest BCUT2D eigenvalue weighted by Gasteiger charge is 2.22. The fourth-order valence-corrected chi connectivity index (χ4v) is 2.90. The number of anilines is 1. The number of aromatic nitrogens is 2. The Balaban J connectivity index is 1.56. The number of benzene rings is 1. The second-order valence-corrected chi connectivity index (χ2v) is 5.79. The molecule has 116 valence electrons. The second-order valence-electron chi connectivity index (χ2n) is 5.79. The van der Waals surface area contributed by atoms with Crippen LogP contribution in [0.5, 0.6) is 0 Å². The Bertz CT molecular complexity index is 623. The number of fused-ring (bicyclic) bond motifs is 1. The molecule has 0 bridgehead atoms. The molecule has 2 heterocycles. The highest BCUT2D eigenvalue weighted by molar-refractivity contribution is 5.95. The first-order chi connectivity index (χ1) is 10.7.